The molecule has 3 rings (SSSR count). The second kappa shape index (κ2) is 5.94. The largest absolute Gasteiger partial charge is 0.491 e. The highest BCUT2D eigenvalue weighted by Crippen LogP contribution is 2.39. The van der Waals surface area contributed by atoms with Crippen LogP contribution in [-0.4, -0.2) is 13.2 Å². The summed E-state index contributed by atoms with van der Waals surface area (Å²) in [5.74, 6) is 1.38. The Morgan fingerprint density at radius 3 is 2.75 bits per heavy atom. The van der Waals surface area contributed by atoms with Crippen LogP contribution in [0.15, 0.2) is 42.5 Å². The molecule has 0 radical (unpaired) electrons. The van der Waals surface area contributed by atoms with Crippen molar-refractivity contribution in [2.24, 2.45) is 0 Å². The maximum atomic E-state index is 6.42. The Kier molecular flexibility index (Phi) is 4.04. The summed E-state index contributed by atoms with van der Waals surface area (Å²) in [6, 6.07) is 14.0. The van der Waals surface area contributed by atoms with Gasteiger partial charge in [-0.15, -0.1) is 11.6 Å². The molecule has 0 amide bonds. The topological polar surface area (TPSA) is 12.5 Å². The van der Waals surface area contributed by atoms with Crippen molar-refractivity contribution in [3.05, 3.63) is 53.1 Å². The van der Waals surface area contributed by atoms with Crippen LogP contribution in [0, 0.1) is 0 Å². The fourth-order valence-electron chi connectivity index (χ4n) is 2.43. The minimum absolute atomic E-state index is 0.472. The molecule has 0 aliphatic carbocycles. The van der Waals surface area contributed by atoms with Crippen LogP contribution in [0.5, 0.6) is 5.75 Å². The van der Waals surface area contributed by atoms with Crippen LogP contribution >= 0.6 is 23.2 Å². The van der Waals surface area contributed by atoms with E-state index in [0.717, 1.165) is 47.3 Å². The van der Waals surface area contributed by atoms with Crippen molar-refractivity contribution in [1.29, 1.82) is 0 Å². The van der Waals surface area contributed by atoms with Crippen LogP contribution in [0.25, 0.3) is 0 Å². The molecule has 0 atom stereocenters. The summed E-state index contributed by atoms with van der Waals surface area (Å²) < 4.78 is 5.78. The second-order valence-electron chi connectivity index (χ2n) is 4.74. The van der Waals surface area contributed by atoms with Crippen LogP contribution in [-0.2, 0) is 5.88 Å². The third-order valence-electron chi connectivity index (χ3n) is 3.40. The summed E-state index contributed by atoms with van der Waals surface area (Å²) >= 11 is 12.3. The molecule has 0 bridgehead atoms. The average Bonchev–Trinajstić information content (AvgIpc) is 2.69. The molecular weight excluding hydrogens is 293 g/mol. The molecule has 2 aromatic carbocycles. The van der Waals surface area contributed by atoms with E-state index in [2.05, 4.69) is 11.0 Å². The monoisotopic (exact) mass is 307 g/mol. The summed E-state index contributed by atoms with van der Waals surface area (Å²) in [5, 5.41) is 0.722. The van der Waals surface area contributed by atoms with Gasteiger partial charge in [-0.2, -0.15) is 0 Å². The molecule has 0 fully saturated rings. The lowest BCUT2D eigenvalue weighted by Gasteiger charge is -2.25. The van der Waals surface area contributed by atoms with Gasteiger partial charge in [-0.1, -0.05) is 29.8 Å². The third-order valence-corrected chi connectivity index (χ3v) is 4.01. The minimum Gasteiger partial charge on any atom is -0.491 e. The number of benzene rings is 2. The number of para-hydroxylation sites is 2. The Balaban J connectivity index is 2.05. The van der Waals surface area contributed by atoms with E-state index >= 15 is 0 Å². The number of anilines is 2. The predicted octanol–water partition coefficient (Wildman–Crippen LogP) is 5.00. The number of hydrogen-bond acceptors (Lipinski definition) is 2. The van der Waals surface area contributed by atoms with Crippen molar-refractivity contribution in [3.63, 3.8) is 0 Å². The molecule has 0 aromatic heterocycles. The van der Waals surface area contributed by atoms with Gasteiger partial charge in [0.1, 0.15) is 5.75 Å². The third kappa shape index (κ3) is 2.58. The Morgan fingerprint density at radius 1 is 1.10 bits per heavy atom. The fraction of sp³-hybridized carbons (Fsp3) is 0.250. The lowest BCUT2D eigenvalue weighted by Crippen LogP contribution is -2.18. The summed E-state index contributed by atoms with van der Waals surface area (Å²) in [6.45, 7) is 1.61. The molecular formula is C16H15Cl2NO. The van der Waals surface area contributed by atoms with E-state index in [1.165, 1.54) is 0 Å². The number of ether oxygens (including phenoxy) is 1. The average molecular weight is 308 g/mol. The van der Waals surface area contributed by atoms with Crippen molar-refractivity contribution in [3.8, 4) is 5.75 Å². The molecule has 0 unspecified atom stereocenters. The first kappa shape index (κ1) is 13.6. The van der Waals surface area contributed by atoms with Gasteiger partial charge in [-0.05, 0) is 36.2 Å². The summed E-state index contributed by atoms with van der Waals surface area (Å²) in [4.78, 5) is 2.21. The van der Waals surface area contributed by atoms with E-state index in [9.17, 15) is 0 Å². The number of fused-ring (bicyclic) bond motifs is 1. The van der Waals surface area contributed by atoms with Gasteiger partial charge in [0.2, 0.25) is 0 Å². The molecule has 4 heteroatoms. The van der Waals surface area contributed by atoms with E-state index in [1.54, 1.807) is 0 Å². The van der Waals surface area contributed by atoms with Crippen LogP contribution in [0.3, 0.4) is 0 Å². The summed E-state index contributed by atoms with van der Waals surface area (Å²) in [5.41, 5.74) is 3.09. The Bertz CT molecular complexity index is 615. The van der Waals surface area contributed by atoms with Crippen molar-refractivity contribution in [1.82, 2.24) is 0 Å². The van der Waals surface area contributed by atoms with Gasteiger partial charge in [0, 0.05) is 12.4 Å². The molecule has 0 spiro atoms. The van der Waals surface area contributed by atoms with Crippen LogP contribution in [0.4, 0.5) is 11.4 Å². The van der Waals surface area contributed by atoms with Crippen LogP contribution in [0.1, 0.15) is 12.0 Å². The second-order valence-corrected chi connectivity index (χ2v) is 5.42. The first-order valence-electron chi connectivity index (χ1n) is 6.63. The van der Waals surface area contributed by atoms with Crippen LogP contribution in [0.2, 0.25) is 5.02 Å². The SMILES string of the molecule is ClCc1ccc(N2CCCOc3ccccc32)c(Cl)c1. The van der Waals surface area contributed by atoms with E-state index in [-0.39, 0.29) is 0 Å². The lowest BCUT2D eigenvalue weighted by molar-refractivity contribution is 0.322. The molecule has 0 saturated heterocycles. The predicted molar refractivity (Wildman–Crippen MR) is 84.6 cm³/mol. The lowest BCUT2D eigenvalue weighted by atomic mass is 10.2. The smallest absolute Gasteiger partial charge is 0.142 e. The highest BCUT2D eigenvalue weighted by Gasteiger charge is 2.19. The maximum absolute atomic E-state index is 6.42. The number of nitrogens with zero attached hydrogens (tertiary/aromatic N) is 1. The van der Waals surface area contributed by atoms with Gasteiger partial charge < -0.3 is 9.64 Å². The molecule has 0 saturated carbocycles. The molecule has 1 heterocycles. The van der Waals surface area contributed by atoms with Gasteiger partial charge in [0.25, 0.3) is 0 Å². The molecule has 0 N–H and O–H groups in total. The molecule has 1 aliphatic rings. The van der Waals surface area contributed by atoms with Gasteiger partial charge >= 0.3 is 0 Å². The van der Waals surface area contributed by atoms with E-state index in [4.69, 9.17) is 27.9 Å². The van der Waals surface area contributed by atoms with E-state index in [0.29, 0.717) is 5.88 Å². The van der Waals surface area contributed by atoms with Gasteiger partial charge in [-0.3, -0.25) is 0 Å². The summed E-state index contributed by atoms with van der Waals surface area (Å²) in [7, 11) is 0. The fourth-order valence-corrected chi connectivity index (χ4v) is 2.90. The Morgan fingerprint density at radius 2 is 1.95 bits per heavy atom. The maximum Gasteiger partial charge on any atom is 0.142 e. The highest BCUT2D eigenvalue weighted by atomic mass is 35.5. The minimum atomic E-state index is 0.472. The molecule has 2 nitrogen and oxygen atoms in total. The van der Waals surface area contributed by atoms with E-state index in [1.807, 2.05) is 36.4 Å². The Hall–Kier alpha value is -1.38. The molecule has 104 valence electrons. The van der Waals surface area contributed by atoms with E-state index < -0.39 is 0 Å². The number of hydrogen-bond donors (Lipinski definition) is 0. The quantitative estimate of drug-likeness (QED) is 0.724. The number of halogens is 2. The first-order valence-corrected chi connectivity index (χ1v) is 7.54. The number of rotatable bonds is 2. The van der Waals surface area contributed by atoms with Crippen molar-refractivity contribution in [2.75, 3.05) is 18.1 Å². The van der Waals surface area contributed by atoms with Gasteiger partial charge in [-0.25, -0.2) is 0 Å². The zero-order chi connectivity index (χ0) is 13.9. The van der Waals surface area contributed by atoms with Crippen molar-refractivity contribution < 1.29 is 4.74 Å². The zero-order valence-corrected chi connectivity index (χ0v) is 12.5. The van der Waals surface area contributed by atoms with Crippen molar-refractivity contribution >= 4 is 34.6 Å². The van der Waals surface area contributed by atoms with Crippen LogP contribution < -0.4 is 9.64 Å². The van der Waals surface area contributed by atoms with Crippen molar-refractivity contribution in [2.45, 2.75) is 12.3 Å². The van der Waals surface area contributed by atoms with Gasteiger partial charge in [0.05, 0.1) is 23.0 Å². The summed E-state index contributed by atoms with van der Waals surface area (Å²) in [6.07, 6.45) is 0.961. The highest BCUT2D eigenvalue weighted by molar-refractivity contribution is 6.33. The normalized spacial score (nSPS) is 14.4. The molecule has 2 aromatic rings. The Labute approximate surface area is 128 Å². The standard InChI is InChI=1S/C16H15Cl2NO/c17-11-12-6-7-14(13(18)10-12)19-8-3-9-20-16-5-2-1-4-15(16)19/h1-2,4-7,10H,3,8-9,11H2. The zero-order valence-electron chi connectivity index (χ0n) is 11.0. The first-order chi connectivity index (χ1) is 9.79. The molecule has 20 heavy (non-hydrogen) atoms. The molecule has 1 aliphatic heterocycles. The van der Waals surface area contributed by atoms with Gasteiger partial charge in [0.15, 0.2) is 0 Å². The number of alkyl halides is 1.